The van der Waals surface area contributed by atoms with Crippen LogP contribution in [0, 0.1) is 17.0 Å². The molecule has 0 N–H and O–H groups in total. The summed E-state index contributed by atoms with van der Waals surface area (Å²) in [5.41, 5.74) is 0.677. The Hall–Kier alpha value is -2.11. The Kier molecular flexibility index (Phi) is 5.00. The Morgan fingerprint density at radius 1 is 1.36 bits per heavy atom. The van der Waals surface area contributed by atoms with E-state index < -0.39 is 4.92 Å². The molecule has 0 aliphatic carbocycles. The maximum Gasteiger partial charge on any atom is 0.311 e. The van der Waals surface area contributed by atoms with Crippen LogP contribution in [0.3, 0.4) is 0 Å². The first-order valence-corrected chi connectivity index (χ1v) is 7.59. The van der Waals surface area contributed by atoms with E-state index in [0.717, 1.165) is 24.8 Å². The molecule has 1 aromatic rings. The molecule has 6 heteroatoms. The molecule has 0 unspecified atom stereocenters. The monoisotopic (exact) mass is 306 g/mol. The zero-order valence-electron chi connectivity index (χ0n) is 13.2. The molecule has 2 rings (SSSR count). The molecular formula is C16H22N2O4. The van der Waals surface area contributed by atoms with Crippen molar-refractivity contribution in [3.05, 3.63) is 33.9 Å². The first-order chi connectivity index (χ1) is 10.4. The average molecular weight is 306 g/mol. The molecule has 22 heavy (non-hydrogen) atoms. The number of piperidine rings is 1. The van der Waals surface area contributed by atoms with E-state index in [-0.39, 0.29) is 36.0 Å². The van der Waals surface area contributed by atoms with Crippen molar-refractivity contribution in [2.24, 2.45) is 0 Å². The van der Waals surface area contributed by atoms with Crippen LogP contribution in [0.15, 0.2) is 18.2 Å². The van der Waals surface area contributed by atoms with E-state index in [1.54, 1.807) is 19.1 Å². The van der Waals surface area contributed by atoms with Crippen molar-refractivity contribution in [1.29, 1.82) is 0 Å². The Morgan fingerprint density at radius 2 is 2.00 bits per heavy atom. The van der Waals surface area contributed by atoms with Crippen LogP contribution in [0.1, 0.15) is 38.7 Å². The van der Waals surface area contributed by atoms with Gasteiger partial charge in [0.25, 0.3) is 5.91 Å². The molecule has 0 radical (unpaired) electrons. The van der Waals surface area contributed by atoms with Gasteiger partial charge in [0.2, 0.25) is 0 Å². The topological polar surface area (TPSA) is 72.7 Å². The van der Waals surface area contributed by atoms with E-state index in [4.69, 9.17) is 4.74 Å². The zero-order valence-corrected chi connectivity index (χ0v) is 13.2. The van der Waals surface area contributed by atoms with Gasteiger partial charge in [-0.2, -0.15) is 0 Å². The minimum absolute atomic E-state index is 0.104. The predicted molar refractivity (Wildman–Crippen MR) is 82.9 cm³/mol. The first kappa shape index (κ1) is 16.3. The molecule has 6 nitrogen and oxygen atoms in total. The van der Waals surface area contributed by atoms with Crippen LogP contribution in [0.2, 0.25) is 0 Å². The summed E-state index contributed by atoms with van der Waals surface area (Å²) in [6, 6.07) is 5.11. The summed E-state index contributed by atoms with van der Waals surface area (Å²) in [7, 11) is 0. The van der Waals surface area contributed by atoms with Gasteiger partial charge in [-0.05, 0) is 51.7 Å². The Morgan fingerprint density at radius 3 is 2.59 bits per heavy atom. The van der Waals surface area contributed by atoms with E-state index in [1.165, 1.54) is 6.07 Å². The van der Waals surface area contributed by atoms with Crippen molar-refractivity contribution in [2.75, 3.05) is 6.61 Å². The average Bonchev–Trinajstić information content (AvgIpc) is 2.45. The van der Waals surface area contributed by atoms with Gasteiger partial charge in [-0.1, -0.05) is 6.07 Å². The second kappa shape index (κ2) is 6.77. The Bertz CT molecular complexity index is 563. The van der Waals surface area contributed by atoms with Crippen LogP contribution in [0.4, 0.5) is 5.69 Å². The molecule has 1 fully saturated rings. The van der Waals surface area contributed by atoms with E-state index >= 15 is 0 Å². The molecular weight excluding hydrogens is 284 g/mol. The summed E-state index contributed by atoms with van der Waals surface area (Å²) in [6.07, 6.45) is 3.10. The van der Waals surface area contributed by atoms with Crippen LogP contribution in [0.25, 0.3) is 0 Å². The van der Waals surface area contributed by atoms with Gasteiger partial charge in [0.05, 0.1) is 4.92 Å². The lowest BCUT2D eigenvalue weighted by atomic mass is 9.97. The maximum atomic E-state index is 12.4. The van der Waals surface area contributed by atoms with Crippen LogP contribution in [0.5, 0.6) is 5.75 Å². The summed E-state index contributed by atoms with van der Waals surface area (Å²) in [5, 5.41) is 11.1. The molecule has 1 heterocycles. The molecule has 0 spiro atoms. The molecule has 1 aliphatic rings. The number of benzene rings is 1. The molecule has 120 valence electrons. The quantitative estimate of drug-likeness (QED) is 0.633. The molecule has 0 aromatic heterocycles. The SMILES string of the molecule is Cc1ccc(OCC(=O)N2[C@H](C)CCC[C@@H]2C)c([N+](=O)[O-])c1. The highest BCUT2D eigenvalue weighted by atomic mass is 16.6. The van der Waals surface area contributed by atoms with Crippen LogP contribution < -0.4 is 4.74 Å². The number of carbonyl (C=O) groups excluding carboxylic acids is 1. The molecule has 0 saturated carbocycles. The lowest BCUT2D eigenvalue weighted by Crippen LogP contribution is -2.49. The number of nitro groups is 1. The van der Waals surface area contributed by atoms with Gasteiger partial charge in [0, 0.05) is 18.2 Å². The molecule has 2 atom stereocenters. The van der Waals surface area contributed by atoms with E-state index in [9.17, 15) is 14.9 Å². The second-order valence-corrected chi connectivity index (χ2v) is 5.95. The van der Waals surface area contributed by atoms with Gasteiger partial charge in [-0.3, -0.25) is 14.9 Å². The number of amides is 1. The number of likely N-dealkylation sites (tertiary alicyclic amines) is 1. The maximum absolute atomic E-state index is 12.4. The van der Waals surface area contributed by atoms with E-state index in [1.807, 2.05) is 18.7 Å². The minimum atomic E-state index is -0.487. The Labute approximate surface area is 130 Å². The number of ether oxygens (including phenoxy) is 1. The molecule has 1 amide bonds. The van der Waals surface area contributed by atoms with Gasteiger partial charge in [-0.15, -0.1) is 0 Å². The van der Waals surface area contributed by atoms with Crippen molar-refractivity contribution in [3.63, 3.8) is 0 Å². The zero-order chi connectivity index (χ0) is 16.3. The van der Waals surface area contributed by atoms with Crippen LogP contribution in [-0.2, 0) is 4.79 Å². The fraction of sp³-hybridized carbons (Fsp3) is 0.562. The smallest absolute Gasteiger partial charge is 0.311 e. The lowest BCUT2D eigenvalue weighted by Gasteiger charge is -2.38. The van der Waals surface area contributed by atoms with Crippen molar-refractivity contribution < 1.29 is 14.5 Å². The summed E-state index contributed by atoms with van der Waals surface area (Å²) in [4.78, 5) is 24.8. The number of nitrogens with zero attached hydrogens (tertiary/aromatic N) is 2. The third kappa shape index (κ3) is 3.55. The number of hydrogen-bond donors (Lipinski definition) is 0. The van der Waals surface area contributed by atoms with Gasteiger partial charge < -0.3 is 9.64 Å². The van der Waals surface area contributed by atoms with Crippen molar-refractivity contribution >= 4 is 11.6 Å². The van der Waals surface area contributed by atoms with Crippen molar-refractivity contribution in [3.8, 4) is 5.75 Å². The summed E-state index contributed by atoms with van der Waals surface area (Å²) in [6.45, 7) is 5.67. The van der Waals surface area contributed by atoms with Gasteiger partial charge >= 0.3 is 5.69 Å². The predicted octanol–water partition coefficient (Wildman–Crippen LogP) is 3.07. The standard InChI is InChI=1S/C16H22N2O4/c1-11-7-8-15(14(9-11)18(20)21)22-10-16(19)17-12(2)5-4-6-13(17)3/h7-9,12-13H,4-6,10H2,1-3H3/t12-,13+. The number of hydrogen-bond acceptors (Lipinski definition) is 4. The molecule has 1 saturated heterocycles. The number of nitro benzene ring substituents is 1. The van der Waals surface area contributed by atoms with Crippen LogP contribution in [-0.4, -0.2) is 34.4 Å². The summed E-state index contributed by atoms with van der Waals surface area (Å²) in [5.74, 6) is 0.0239. The van der Waals surface area contributed by atoms with Crippen molar-refractivity contribution in [1.82, 2.24) is 4.90 Å². The minimum Gasteiger partial charge on any atom is -0.477 e. The number of rotatable bonds is 4. The normalized spacial score (nSPS) is 21.5. The summed E-state index contributed by atoms with van der Waals surface area (Å²) >= 11 is 0. The van der Waals surface area contributed by atoms with E-state index in [0.29, 0.717) is 0 Å². The Balaban J connectivity index is 2.06. The second-order valence-electron chi connectivity index (χ2n) is 5.95. The van der Waals surface area contributed by atoms with Gasteiger partial charge in [0.1, 0.15) is 0 Å². The number of carbonyl (C=O) groups is 1. The van der Waals surface area contributed by atoms with Gasteiger partial charge in [-0.25, -0.2) is 0 Å². The third-order valence-electron chi connectivity index (χ3n) is 4.14. The number of aryl methyl sites for hydroxylation is 1. The molecule has 0 bridgehead atoms. The lowest BCUT2D eigenvalue weighted by molar-refractivity contribution is -0.385. The highest BCUT2D eigenvalue weighted by molar-refractivity contribution is 5.78. The highest BCUT2D eigenvalue weighted by Crippen LogP contribution is 2.28. The summed E-state index contributed by atoms with van der Waals surface area (Å²) < 4.78 is 5.43. The molecule has 1 aliphatic heterocycles. The van der Waals surface area contributed by atoms with Gasteiger partial charge in [0.15, 0.2) is 12.4 Å². The first-order valence-electron chi connectivity index (χ1n) is 7.59. The van der Waals surface area contributed by atoms with Crippen LogP contribution >= 0.6 is 0 Å². The molecule has 1 aromatic carbocycles. The highest BCUT2D eigenvalue weighted by Gasteiger charge is 2.29. The van der Waals surface area contributed by atoms with Crippen molar-refractivity contribution in [2.45, 2.75) is 52.1 Å². The third-order valence-corrected chi connectivity index (χ3v) is 4.14. The van der Waals surface area contributed by atoms with E-state index in [2.05, 4.69) is 0 Å². The fourth-order valence-corrected chi connectivity index (χ4v) is 3.02. The largest absolute Gasteiger partial charge is 0.477 e. The fourth-order valence-electron chi connectivity index (χ4n) is 3.02.